The maximum atomic E-state index is 12.0. The molecule has 2 aromatic rings. The van der Waals surface area contributed by atoms with E-state index in [1.165, 1.54) is 29.7 Å². The lowest BCUT2D eigenvalue weighted by molar-refractivity contribution is 0.0950. The number of benzene rings is 1. The molecule has 21 heavy (non-hydrogen) atoms. The van der Waals surface area contributed by atoms with E-state index in [4.69, 9.17) is 0 Å². The zero-order valence-corrected chi connectivity index (χ0v) is 11.5. The summed E-state index contributed by atoms with van der Waals surface area (Å²) in [4.78, 5) is 15.7. The van der Waals surface area contributed by atoms with E-state index in [0.717, 1.165) is 13.0 Å². The van der Waals surface area contributed by atoms with Crippen LogP contribution in [-0.4, -0.2) is 29.1 Å². The molecule has 108 valence electrons. The summed E-state index contributed by atoms with van der Waals surface area (Å²) in [6.07, 6.45) is 3.62. The SMILES string of the molecule is O=C(NCCC1CNc2ccccc21)c1ccncc1O. The van der Waals surface area contributed by atoms with Crippen molar-refractivity contribution in [1.29, 1.82) is 0 Å². The number of para-hydroxylation sites is 1. The van der Waals surface area contributed by atoms with E-state index in [1.807, 2.05) is 12.1 Å². The van der Waals surface area contributed by atoms with Crippen molar-refractivity contribution in [3.8, 4) is 5.75 Å². The van der Waals surface area contributed by atoms with Gasteiger partial charge in [-0.05, 0) is 24.1 Å². The normalized spacial score (nSPS) is 16.1. The summed E-state index contributed by atoms with van der Waals surface area (Å²) in [5.41, 5.74) is 2.74. The van der Waals surface area contributed by atoms with Crippen LogP contribution in [0.2, 0.25) is 0 Å². The van der Waals surface area contributed by atoms with E-state index in [0.29, 0.717) is 12.5 Å². The number of nitrogens with one attached hydrogen (secondary N) is 2. The Morgan fingerprint density at radius 3 is 3.10 bits per heavy atom. The van der Waals surface area contributed by atoms with E-state index >= 15 is 0 Å². The first-order valence-electron chi connectivity index (χ1n) is 6.99. The van der Waals surface area contributed by atoms with Gasteiger partial charge >= 0.3 is 0 Å². The van der Waals surface area contributed by atoms with Crippen molar-refractivity contribution in [3.63, 3.8) is 0 Å². The Labute approximate surface area is 123 Å². The molecule has 0 saturated carbocycles. The predicted octanol–water partition coefficient (Wildman–Crippen LogP) is 2.12. The lowest BCUT2D eigenvalue weighted by Gasteiger charge is -2.11. The van der Waals surface area contributed by atoms with Gasteiger partial charge in [0.1, 0.15) is 5.75 Å². The molecule has 0 aliphatic carbocycles. The lowest BCUT2D eigenvalue weighted by atomic mass is 9.98. The van der Waals surface area contributed by atoms with Gasteiger partial charge in [0.25, 0.3) is 5.91 Å². The zero-order chi connectivity index (χ0) is 14.7. The Morgan fingerprint density at radius 1 is 1.38 bits per heavy atom. The van der Waals surface area contributed by atoms with Gasteiger partial charge in [-0.15, -0.1) is 0 Å². The van der Waals surface area contributed by atoms with Gasteiger partial charge < -0.3 is 15.7 Å². The smallest absolute Gasteiger partial charge is 0.255 e. The number of anilines is 1. The summed E-state index contributed by atoms with van der Waals surface area (Å²) in [6.45, 7) is 1.47. The van der Waals surface area contributed by atoms with Gasteiger partial charge in [0.05, 0.1) is 11.8 Å². The molecule has 1 atom stereocenters. The quantitative estimate of drug-likeness (QED) is 0.803. The van der Waals surface area contributed by atoms with Crippen molar-refractivity contribution in [2.75, 3.05) is 18.4 Å². The maximum absolute atomic E-state index is 12.0. The van der Waals surface area contributed by atoms with E-state index in [2.05, 4.69) is 27.8 Å². The van der Waals surface area contributed by atoms with Crippen LogP contribution in [0, 0.1) is 0 Å². The topological polar surface area (TPSA) is 74.2 Å². The molecule has 0 bridgehead atoms. The van der Waals surface area contributed by atoms with Crippen LogP contribution in [0.25, 0.3) is 0 Å². The molecule has 0 spiro atoms. The highest BCUT2D eigenvalue weighted by molar-refractivity contribution is 5.96. The summed E-state index contributed by atoms with van der Waals surface area (Å²) >= 11 is 0. The Hall–Kier alpha value is -2.56. The fourth-order valence-electron chi connectivity index (χ4n) is 2.65. The number of hydrogen-bond acceptors (Lipinski definition) is 4. The van der Waals surface area contributed by atoms with Crippen LogP contribution in [-0.2, 0) is 0 Å². The van der Waals surface area contributed by atoms with Crippen LogP contribution in [0.1, 0.15) is 28.3 Å². The third-order valence-corrected chi connectivity index (χ3v) is 3.76. The highest BCUT2D eigenvalue weighted by Crippen LogP contribution is 2.32. The number of aromatic hydroxyl groups is 1. The number of nitrogens with zero attached hydrogens (tertiary/aromatic N) is 1. The molecule has 1 aliphatic rings. The Balaban J connectivity index is 1.56. The van der Waals surface area contributed by atoms with Crippen molar-refractivity contribution in [2.24, 2.45) is 0 Å². The van der Waals surface area contributed by atoms with Gasteiger partial charge in [0.2, 0.25) is 0 Å². The molecule has 3 rings (SSSR count). The van der Waals surface area contributed by atoms with E-state index < -0.39 is 0 Å². The van der Waals surface area contributed by atoms with Crippen LogP contribution in [0.5, 0.6) is 5.75 Å². The van der Waals surface area contributed by atoms with Gasteiger partial charge in [-0.25, -0.2) is 0 Å². The van der Waals surface area contributed by atoms with Gasteiger partial charge in [-0.1, -0.05) is 18.2 Å². The van der Waals surface area contributed by atoms with Gasteiger partial charge in [0, 0.05) is 30.9 Å². The van der Waals surface area contributed by atoms with Crippen molar-refractivity contribution in [1.82, 2.24) is 10.3 Å². The van der Waals surface area contributed by atoms with Crippen molar-refractivity contribution in [3.05, 3.63) is 53.9 Å². The van der Waals surface area contributed by atoms with Gasteiger partial charge in [-0.3, -0.25) is 9.78 Å². The second-order valence-electron chi connectivity index (χ2n) is 5.10. The highest BCUT2D eigenvalue weighted by atomic mass is 16.3. The lowest BCUT2D eigenvalue weighted by Crippen LogP contribution is -2.26. The monoisotopic (exact) mass is 283 g/mol. The molecule has 5 heteroatoms. The van der Waals surface area contributed by atoms with Crippen LogP contribution in [0.4, 0.5) is 5.69 Å². The molecule has 1 unspecified atom stereocenters. The number of pyridine rings is 1. The largest absolute Gasteiger partial charge is 0.505 e. The minimum absolute atomic E-state index is 0.0946. The fraction of sp³-hybridized carbons (Fsp3) is 0.250. The molecule has 1 amide bonds. The number of rotatable bonds is 4. The second kappa shape index (κ2) is 5.83. The molecule has 1 aliphatic heterocycles. The van der Waals surface area contributed by atoms with Crippen molar-refractivity contribution >= 4 is 11.6 Å². The molecule has 3 N–H and O–H groups in total. The highest BCUT2D eigenvalue weighted by Gasteiger charge is 2.21. The summed E-state index contributed by atoms with van der Waals surface area (Å²) in [5.74, 6) is 0.0459. The van der Waals surface area contributed by atoms with Gasteiger partial charge in [0.15, 0.2) is 0 Å². The number of amides is 1. The van der Waals surface area contributed by atoms with Crippen molar-refractivity contribution in [2.45, 2.75) is 12.3 Å². The minimum Gasteiger partial charge on any atom is -0.505 e. The molecular weight excluding hydrogens is 266 g/mol. The van der Waals surface area contributed by atoms with Crippen LogP contribution in [0.3, 0.4) is 0 Å². The summed E-state index contributed by atoms with van der Waals surface area (Å²) < 4.78 is 0. The number of aromatic nitrogens is 1. The zero-order valence-electron chi connectivity index (χ0n) is 11.5. The molecule has 5 nitrogen and oxygen atoms in total. The average molecular weight is 283 g/mol. The Kier molecular flexibility index (Phi) is 3.73. The van der Waals surface area contributed by atoms with E-state index in [9.17, 15) is 9.90 Å². The van der Waals surface area contributed by atoms with Crippen molar-refractivity contribution < 1.29 is 9.90 Å². The summed E-state index contributed by atoms with van der Waals surface area (Å²) in [5, 5.41) is 15.8. The van der Waals surface area contributed by atoms with E-state index in [-0.39, 0.29) is 17.2 Å². The Bertz CT molecular complexity index is 657. The maximum Gasteiger partial charge on any atom is 0.255 e. The first-order valence-corrected chi connectivity index (χ1v) is 6.99. The van der Waals surface area contributed by atoms with Crippen LogP contribution >= 0.6 is 0 Å². The molecular formula is C16H17N3O2. The molecule has 1 aromatic carbocycles. The second-order valence-corrected chi connectivity index (χ2v) is 5.10. The van der Waals surface area contributed by atoms with Crippen LogP contribution in [0.15, 0.2) is 42.7 Å². The molecule has 0 radical (unpaired) electrons. The summed E-state index contributed by atoms with van der Waals surface area (Å²) in [7, 11) is 0. The first-order chi connectivity index (χ1) is 10.3. The standard InChI is InChI=1S/C16H17N3O2/c20-15-10-17-7-6-13(15)16(21)18-8-5-11-9-19-14-4-2-1-3-12(11)14/h1-4,6-7,10-11,19-20H,5,8-9H2,(H,18,21). The van der Waals surface area contributed by atoms with E-state index in [1.54, 1.807) is 0 Å². The number of carbonyl (C=O) groups excluding carboxylic acids is 1. The molecule has 0 fully saturated rings. The average Bonchev–Trinajstić information content (AvgIpc) is 2.91. The molecule has 2 heterocycles. The Morgan fingerprint density at radius 2 is 2.24 bits per heavy atom. The first kappa shape index (κ1) is 13.4. The fourth-order valence-corrected chi connectivity index (χ4v) is 2.65. The number of fused-ring (bicyclic) bond motifs is 1. The molecule has 0 saturated heterocycles. The van der Waals surface area contributed by atoms with Gasteiger partial charge in [-0.2, -0.15) is 0 Å². The number of hydrogen-bond donors (Lipinski definition) is 3. The molecule has 1 aromatic heterocycles. The third-order valence-electron chi connectivity index (χ3n) is 3.76. The summed E-state index contributed by atoms with van der Waals surface area (Å²) in [6, 6.07) is 9.76. The predicted molar refractivity (Wildman–Crippen MR) is 80.5 cm³/mol. The third kappa shape index (κ3) is 2.81. The number of carbonyl (C=O) groups is 1. The van der Waals surface area contributed by atoms with Crippen LogP contribution < -0.4 is 10.6 Å². The minimum atomic E-state index is -0.269.